The quantitative estimate of drug-likeness (QED) is 0.511. The van der Waals surface area contributed by atoms with Crippen LogP contribution in [0.1, 0.15) is 32.6 Å². The van der Waals surface area contributed by atoms with Crippen molar-refractivity contribution in [1.29, 1.82) is 0 Å². The van der Waals surface area contributed by atoms with Gasteiger partial charge in [-0.3, -0.25) is 4.72 Å². The third-order valence-electron chi connectivity index (χ3n) is 3.13. The van der Waals surface area contributed by atoms with E-state index in [1.54, 1.807) is 0 Å². The van der Waals surface area contributed by atoms with Crippen LogP contribution in [0.3, 0.4) is 0 Å². The van der Waals surface area contributed by atoms with Crippen molar-refractivity contribution >= 4 is 25.7 Å². The molecule has 0 radical (unpaired) electrons. The standard InChI is InChI=1S/C14H25N3O4S2/c1-2-3-12-22(18,19)17-13-6-8-14(9-7-13)23(20,21)16-11-5-4-10-15/h6-9,16-17H,2-5,10-12,15H2,1H3. The Kier molecular flexibility index (Phi) is 7.97. The number of hydrogen-bond donors (Lipinski definition) is 3. The van der Waals surface area contributed by atoms with E-state index in [9.17, 15) is 16.8 Å². The molecule has 1 rings (SSSR count). The van der Waals surface area contributed by atoms with Gasteiger partial charge >= 0.3 is 0 Å². The largest absolute Gasteiger partial charge is 0.330 e. The lowest BCUT2D eigenvalue weighted by Gasteiger charge is -2.09. The number of nitrogens with two attached hydrogens (primary N) is 1. The predicted octanol–water partition coefficient (Wildman–Crippen LogP) is 1.25. The van der Waals surface area contributed by atoms with Crippen LogP contribution in [-0.4, -0.2) is 35.7 Å². The molecule has 4 N–H and O–H groups in total. The van der Waals surface area contributed by atoms with Crippen molar-refractivity contribution in [3.8, 4) is 0 Å². The van der Waals surface area contributed by atoms with Gasteiger partial charge in [0.1, 0.15) is 0 Å². The minimum absolute atomic E-state index is 0.0479. The smallest absolute Gasteiger partial charge is 0.240 e. The summed E-state index contributed by atoms with van der Waals surface area (Å²) in [7, 11) is -6.98. The SMILES string of the molecule is CCCCS(=O)(=O)Nc1ccc(S(=O)(=O)NCCCCN)cc1. The maximum absolute atomic E-state index is 12.1. The second-order valence-electron chi connectivity index (χ2n) is 5.19. The van der Waals surface area contributed by atoms with Crippen molar-refractivity contribution in [3.63, 3.8) is 0 Å². The average molecular weight is 364 g/mol. The third-order valence-corrected chi connectivity index (χ3v) is 5.98. The molecule has 0 aliphatic heterocycles. The first-order valence-corrected chi connectivity index (χ1v) is 10.7. The molecule has 0 spiro atoms. The van der Waals surface area contributed by atoms with E-state index in [1.165, 1.54) is 24.3 Å². The third kappa shape index (κ3) is 7.30. The highest BCUT2D eigenvalue weighted by Gasteiger charge is 2.14. The lowest BCUT2D eigenvalue weighted by atomic mass is 10.3. The number of unbranched alkanes of at least 4 members (excludes halogenated alkanes) is 2. The van der Waals surface area contributed by atoms with Gasteiger partial charge in [0.05, 0.1) is 10.6 Å². The van der Waals surface area contributed by atoms with E-state index in [1.807, 2.05) is 6.92 Å². The van der Waals surface area contributed by atoms with Crippen molar-refractivity contribution in [1.82, 2.24) is 4.72 Å². The number of sulfonamides is 2. The molecule has 132 valence electrons. The van der Waals surface area contributed by atoms with Crippen LogP contribution in [0.15, 0.2) is 29.2 Å². The predicted molar refractivity (Wildman–Crippen MR) is 92.2 cm³/mol. The Balaban J connectivity index is 2.68. The fourth-order valence-electron chi connectivity index (χ4n) is 1.83. The summed E-state index contributed by atoms with van der Waals surface area (Å²) in [6.45, 7) is 2.76. The molecule has 23 heavy (non-hydrogen) atoms. The van der Waals surface area contributed by atoms with Gasteiger partial charge in [0.2, 0.25) is 20.0 Å². The Hall–Kier alpha value is -1.16. The molecule has 1 aromatic rings. The maximum atomic E-state index is 12.1. The van der Waals surface area contributed by atoms with Crippen LogP contribution < -0.4 is 15.2 Å². The first kappa shape index (κ1) is 19.9. The van der Waals surface area contributed by atoms with Crippen LogP contribution in [0, 0.1) is 0 Å². The zero-order valence-corrected chi connectivity index (χ0v) is 14.9. The summed E-state index contributed by atoms with van der Waals surface area (Å²) in [6.07, 6.45) is 2.79. The molecule has 0 aliphatic rings. The number of nitrogens with one attached hydrogen (secondary N) is 2. The summed E-state index contributed by atoms with van der Waals surface area (Å²) in [5, 5.41) is 0. The number of hydrogen-bond acceptors (Lipinski definition) is 5. The van der Waals surface area contributed by atoms with Crippen molar-refractivity contribution in [2.24, 2.45) is 5.73 Å². The Labute approximate surface area is 138 Å². The second-order valence-corrected chi connectivity index (χ2v) is 8.80. The molecule has 0 aliphatic carbocycles. The van der Waals surface area contributed by atoms with E-state index in [0.29, 0.717) is 31.6 Å². The maximum Gasteiger partial charge on any atom is 0.240 e. The molecule has 0 aromatic heterocycles. The molecule has 0 saturated carbocycles. The summed E-state index contributed by atoms with van der Waals surface area (Å²) in [6, 6.07) is 5.64. The lowest BCUT2D eigenvalue weighted by Crippen LogP contribution is -2.25. The van der Waals surface area contributed by atoms with Crippen molar-refractivity contribution in [2.45, 2.75) is 37.5 Å². The van der Waals surface area contributed by atoms with E-state index in [2.05, 4.69) is 9.44 Å². The molecule has 9 heteroatoms. The van der Waals surface area contributed by atoms with Crippen LogP contribution in [-0.2, 0) is 20.0 Å². The topological polar surface area (TPSA) is 118 Å². The fourth-order valence-corrected chi connectivity index (χ4v) is 4.17. The summed E-state index contributed by atoms with van der Waals surface area (Å²) < 4.78 is 52.6. The van der Waals surface area contributed by atoms with Crippen LogP contribution >= 0.6 is 0 Å². The molecule has 0 heterocycles. The zero-order valence-electron chi connectivity index (χ0n) is 13.3. The molecule has 0 amide bonds. The van der Waals surface area contributed by atoms with Gasteiger partial charge < -0.3 is 5.73 Å². The van der Waals surface area contributed by atoms with Gasteiger partial charge in [-0.2, -0.15) is 0 Å². The highest BCUT2D eigenvalue weighted by Crippen LogP contribution is 2.15. The summed E-state index contributed by atoms with van der Waals surface area (Å²) in [4.78, 5) is 0.0988. The van der Waals surface area contributed by atoms with Gasteiger partial charge in [-0.05, 0) is 50.1 Å². The highest BCUT2D eigenvalue weighted by atomic mass is 32.2. The molecule has 7 nitrogen and oxygen atoms in total. The average Bonchev–Trinajstić information content (AvgIpc) is 2.50. The zero-order chi connectivity index (χ0) is 17.3. The van der Waals surface area contributed by atoms with Crippen molar-refractivity contribution in [3.05, 3.63) is 24.3 Å². The Morgan fingerprint density at radius 2 is 1.65 bits per heavy atom. The van der Waals surface area contributed by atoms with E-state index >= 15 is 0 Å². The van der Waals surface area contributed by atoms with Gasteiger partial charge in [0.25, 0.3) is 0 Å². The first-order chi connectivity index (χ1) is 10.8. The minimum Gasteiger partial charge on any atom is -0.330 e. The van der Waals surface area contributed by atoms with E-state index < -0.39 is 20.0 Å². The Morgan fingerprint density at radius 3 is 2.22 bits per heavy atom. The van der Waals surface area contributed by atoms with Gasteiger partial charge in [-0.25, -0.2) is 21.6 Å². The molecule has 1 aromatic carbocycles. The molecule has 0 atom stereocenters. The Bertz CT molecular complexity index is 670. The first-order valence-electron chi connectivity index (χ1n) is 7.61. The summed E-state index contributed by atoms with van der Waals surface area (Å²) in [5.74, 6) is 0.0479. The number of rotatable bonds is 11. The molecule has 0 saturated heterocycles. The van der Waals surface area contributed by atoms with E-state index in [0.717, 1.165) is 12.8 Å². The second kappa shape index (κ2) is 9.21. The number of benzene rings is 1. The van der Waals surface area contributed by atoms with E-state index in [-0.39, 0.29) is 10.6 Å². The van der Waals surface area contributed by atoms with Crippen LogP contribution in [0.25, 0.3) is 0 Å². The lowest BCUT2D eigenvalue weighted by molar-refractivity contribution is 0.577. The number of anilines is 1. The van der Waals surface area contributed by atoms with Crippen molar-refractivity contribution in [2.75, 3.05) is 23.6 Å². The summed E-state index contributed by atoms with van der Waals surface area (Å²) >= 11 is 0. The van der Waals surface area contributed by atoms with Gasteiger partial charge in [-0.15, -0.1) is 0 Å². The molecule has 0 fully saturated rings. The van der Waals surface area contributed by atoms with E-state index in [4.69, 9.17) is 5.73 Å². The molecular formula is C14H25N3O4S2. The van der Waals surface area contributed by atoms with Gasteiger partial charge in [0, 0.05) is 12.2 Å². The normalized spacial score (nSPS) is 12.3. The molecule has 0 bridgehead atoms. The van der Waals surface area contributed by atoms with Gasteiger partial charge in [0.15, 0.2) is 0 Å². The molecule has 0 unspecified atom stereocenters. The Morgan fingerprint density at radius 1 is 1.00 bits per heavy atom. The molecular weight excluding hydrogens is 338 g/mol. The minimum atomic E-state index is -3.58. The van der Waals surface area contributed by atoms with Gasteiger partial charge in [-0.1, -0.05) is 13.3 Å². The summed E-state index contributed by atoms with van der Waals surface area (Å²) in [5.41, 5.74) is 5.70. The van der Waals surface area contributed by atoms with Crippen molar-refractivity contribution < 1.29 is 16.8 Å². The monoisotopic (exact) mass is 363 g/mol. The highest BCUT2D eigenvalue weighted by molar-refractivity contribution is 7.92. The van der Waals surface area contributed by atoms with Crippen LogP contribution in [0.5, 0.6) is 0 Å². The van der Waals surface area contributed by atoms with Crippen LogP contribution in [0.4, 0.5) is 5.69 Å². The van der Waals surface area contributed by atoms with Crippen LogP contribution in [0.2, 0.25) is 0 Å². The fraction of sp³-hybridized carbons (Fsp3) is 0.571.